The molecule has 2 N–H and O–H groups in total. The lowest BCUT2D eigenvalue weighted by Crippen LogP contribution is -2.62. The molecule has 1 aromatic rings. The number of pyridine rings is 1. The topological polar surface area (TPSA) is 54.6 Å². The largest absolute Gasteiger partial charge is 0.381 e. The number of hydrogen-bond acceptors (Lipinski definition) is 5. The zero-order chi connectivity index (χ0) is 14.7. The molecule has 2 unspecified atom stereocenters. The molecule has 0 aliphatic carbocycles. The van der Waals surface area contributed by atoms with Crippen LogP contribution in [0.3, 0.4) is 0 Å². The van der Waals surface area contributed by atoms with Gasteiger partial charge in [-0.15, -0.1) is 0 Å². The van der Waals surface area contributed by atoms with Crippen molar-refractivity contribution in [2.45, 2.75) is 18.9 Å². The summed E-state index contributed by atoms with van der Waals surface area (Å²) in [6, 6.07) is 6.10. The van der Waals surface area contributed by atoms with Crippen LogP contribution in [0.25, 0.3) is 0 Å². The Kier molecular flexibility index (Phi) is 4.42. The van der Waals surface area contributed by atoms with E-state index >= 15 is 0 Å². The summed E-state index contributed by atoms with van der Waals surface area (Å²) in [6.45, 7) is 8.86. The average molecular weight is 290 g/mol. The first-order valence-electron chi connectivity index (χ1n) is 7.93. The van der Waals surface area contributed by atoms with E-state index in [0.29, 0.717) is 12.5 Å². The molecule has 21 heavy (non-hydrogen) atoms. The van der Waals surface area contributed by atoms with Gasteiger partial charge in [0.25, 0.3) is 0 Å². The highest BCUT2D eigenvalue weighted by Crippen LogP contribution is 2.31. The fraction of sp³-hybridized carbons (Fsp3) is 0.688. The molecule has 0 saturated carbocycles. The Morgan fingerprint density at radius 3 is 2.71 bits per heavy atom. The summed E-state index contributed by atoms with van der Waals surface area (Å²) in [6.07, 6.45) is 3.00. The Bertz CT molecular complexity index is 441. The molecule has 2 aliphatic rings. The summed E-state index contributed by atoms with van der Waals surface area (Å²) in [4.78, 5) is 9.37. The maximum absolute atomic E-state index is 6.14. The standard InChI is InChI=1S/C16H26N4O/c1-16(13-17,14-5-11-21-12-14)20-9-7-19(8-10-20)15-4-2-3-6-18-15/h2-4,6,14H,5,7-13,17H2,1H3. The molecule has 0 aromatic carbocycles. The quantitative estimate of drug-likeness (QED) is 0.895. The molecular weight excluding hydrogens is 264 g/mol. The zero-order valence-corrected chi connectivity index (χ0v) is 12.9. The Morgan fingerprint density at radius 2 is 2.14 bits per heavy atom. The van der Waals surface area contributed by atoms with Gasteiger partial charge in [0.1, 0.15) is 5.82 Å². The second-order valence-electron chi connectivity index (χ2n) is 6.28. The van der Waals surface area contributed by atoms with E-state index in [2.05, 4.69) is 33.8 Å². The van der Waals surface area contributed by atoms with Gasteiger partial charge in [-0.2, -0.15) is 0 Å². The third-order valence-corrected chi connectivity index (χ3v) is 5.20. The molecular formula is C16H26N4O. The SMILES string of the molecule is CC(CN)(C1CCOC1)N1CCN(c2ccccn2)CC1. The molecule has 3 heterocycles. The van der Waals surface area contributed by atoms with E-state index in [-0.39, 0.29) is 5.54 Å². The molecule has 2 fully saturated rings. The van der Waals surface area contributed by atoms with Crippen LogP contribution >= 0.6 is 0 Å². The smallest absolute Gasteiger partial charge is 0.128 e. The number of rotatable bonds is 4. The highest BCUT2D eigenvalue weighted by atomic mass is 16.5. The van der Waals surface area contributed by atoms with E-state index in [1.54, 1.807) is 0 Å². The highest BCUT2D eigenvalue weighted by molar-refractivity contribution is 5.38. The molecule has 2 aliphatic heterocycles. The summed E-state index contributed by atoms with van der Waals surface area (Å²) >= 11 is 0. The van der Waals surface area contributed by atoms with Gasteiger partial charge in [-0.05, 0) is 25.5 Å². The molecule has 1 aromatic heterocycles. The van der Waals surface area contributed by atoms with Crippen LogP contribution in [0.5, 0.6) is 0 Å². The van der Waals surface area contributed by atoms with Crippen LogP contribution < -0.4 is 10.6 Å². The number of ether oxygens (including phenoxy) is 1. The van der Waals surface area contributed by atoms with E-state index < -0.39 is 0 Å². The number of aromatic nitrogens is 1. The normalized spacial score (nSPS) is 26.8. The Balaban J connectivity index is 1.64. The van der Waals surface area contributed by atoms with Gasteiger partial charge >= 0.3 is 0 Å². The molecule has 5 nitrogen and oxygen atoms in total. The fourth-order valence-electron chi connectivity index (χ4n) is 3.57. The molecule has 116 valence electrons. The van der Waals surface area contributed by atoms with Crippen molar-refractivity contribution in [2.24, 2.45) is 11.7 Å². The lowest BCUT2D eigenvalue weighted by molar-refractivity contribution is 0.0406. The first-order chi connectivity index (χ1) is 10.2. The Morgan fingerprint density at radius 1 is 1.33 bits per heavy atom. The second kappa shape index (κ2) is 6.30. The molecule has 5 heteroatoms. The van der Waals surface area contributed by atoms with Gasteiger partial charge in [0.15, 0.2) is 0 Å². The van der Waals surface area contributed by atoms with Gasteiger partial charge in [0.05, 0.1) is 6.61 Å². The predicted molar refractivity (Wildman–Crippen MR) is 84.4 cm³/mol. The Hall–Kier alpha value is -1.17. The van der Waals surface area contributed by atoms with E-state index in [0.717, 1.165) is 51.6 Å². The van der Waals surface area contributed by atoms with Crippen molar-refractivity contribution < 1.29 is 4.74 Å². The molecule has 3 rings (SSSR count). The van der Waals surface area contributed by atoms with Crippen molar-refractivity contribution in [3.05, 3.63) is 24.4 Å². The molecule has 0 bridgehead atoms. The van der Waals surface area contributed by atoms with Crippen LogP contribution in [0.2, 0.25) is 0 Å². The second-order valence-corrected chi connectivity index (χ2v) is 6.28. The number of nitrogens with zero attached hydrogens (tertiary/aromatic N) is 3. The number of piperazine rings is 1. The summed E-state index contributed by atoms with van der Waals surface area (Å²) in [7, 11) is 0. The van der Waals surface area contributed by atoms with Gasteiger partial charge in [-0.3, -0.25) is 4.90 Å². The minimum atomic E-state index is 0.0622. The minimum Gasteiger partial charge on any atom is -0.381 e. The van der Waals surface area contributed by atoms with Gasteiger partial charge in [0, 0.05) is 57.0 Å². The van der Waals surface area contributed by atoms with E-state index in [1.165, 1.54) is 0 Å². The number of nitrogens with two attached hydrogens (primary N) is 1. The monoisotopic (exact) mass is 290 g/mol. The fourth-order valence-corrected chi connectivity index (χ4v) is 3.57. The van der Waals surface area contributed by atoms with E-state index in [1.807, 2.05) is 12.3 Å². The van der Waals surface area contributed by atoms with Crippen LogP contribution in [0, 0.1) is 5.92 Å². The summed E-state index contributed by atoms with van der Waals surface area (Å²) in [5, 5.41) is 0. The molecule has 0 spiro atoms. The van der Waals surface area contributed by atoms with Crippen LogP contribution in [-0.4, -0.2) is 61.4 Å². The van der Waals surface area contributed by atoms with Crippen molar-refractivity contribution in [3.8, 4) is 0 Å². The van der Waals surface area contributed by atoms with Crippen molar-refractivity contribution in [2.75, 3.05) is 50.8 Å². The van der Waals surface area contributed by atoms with Crippen molar-refractivity contribution >= 4 is 5.82 Å². The van der Waals surface area contributed by atoms with Crippen molar-refractivity contribution in [1.82, 2.24) is 9.88 Å². The first-order valence-corrected chi connectivity index (χ1v) is 7.93. The maximum atomic E-state index is 6.14. The van der Waals surface area contributed by atoms with E-state index in [4.69, 9.17) is 10.5 Å². The number of hydrogen-bond donors (Lipinski definition) is 1. The lowest BCUT2D eigenvalue weighted by Gasteiger charge is -2.48. The summed E-state index contributed by atoms with van der Waals surface area (Å²) < 4.78 is 5.58. The average Bonchev–Trinajstić information content (AvgIpc) is 3.10. The predicted octanol–water partition coefficient (Wildman–Crippen LogP) is 0.958. The van der Waals surface area contributed by atoms with Crippen molar-refractivity contribution in [1.29, 1.82) is 0 Å². The van der Waals surface area contributed by atoms with Gasteiger partial charge < -0.3 is 15.4 Å². The van der Waals surface area contributed by atoms with Gasteiger partial charge in [0.2, 0.25) is 0 Å². The van der Waals surface area contributed by atoms with Crippen LogP contribution in [0.1, 0.15) is 13.3 Å². The third kappa shape index (κ3) is 2.91. The highest BCUT2D eigenvalue weighted by Gasteiger charge is 2.41. The van der Waals surface area contributed by atoms with Crippen LogP contribution in [0.4, 0.5) is 5.82 Å². The molecule has 0 radical (unpaired) electrons. The summed E-state index contributed by atoms with van der Waals surface area (Å²) in [5.74, 6) is 1.64. The maximum Gasteiger partial charge on any atom is 0.128 e. The molecule has 2 atom stereocenters. The van der Waals surface area contributed by atoms with Gasteiger partial charge in [-0.1, -0.05) is 6.07 Å². The third-order valence-electron chi connectivity index (χ3n) is 5.20. The molecule has 0 amide bonds. The van der Waals surface area contributed by atoms with E-state index in [9.17, 15) is 0 Å². The van der Waals surface area contributed by atoms with Gasteiger partial charge in [-0.25, -0.2) is 4.98 Å². The summed E-state index contributed by atoms with van der Waals surface area (Å²) in [5.41, 5.74) is 6.20. The van der Waals surface area contributed by atoms with Crippen LogP contribution in [-0.2, 0) is 4.74 Å². The van der Waals surface area contributed by atoms with Crippen LogP contribution in [0.15, 0.2) is 24.4 Å². The minimum absolute atomic E-state index is 0.0622. The molecule has 2 saturated heterocycles. The first kappa shape index (κ1) is 14.8. The zero-order valence-electron chi connectivity index (χ0n) is 12.9. The van der Waals surface area contributed by atoms with Crippen molar-refractivity contribution in [3.63, 3.8) is 0 Å². The lowest BCUT2D eigenvalue weighted by atomic mass is 9.82. The Labute approximate surface area is 127 Å². The number of anilines is 1.